The van der Waals surface area contributed by atoms with Gasteiger partial charge in [0.1, 0.15) is 21.2 Å². The number of ketones is 1. The van der Waals surface area contributed by atoms with Gasteiger partial charge in [-0.15, -0.1) is 23.2 Å². The van der Waals surface area contributed by atoms with E-state index in [2.05, 4.69) is 0 Å². The van der Waals surface area contributed by atoms with E-state index < -0.39 is 28.1 Å². The number of hydrogen-bond acceptors (Lipinski definition) is 5. The lowest BCUT2D eigenvalue weighted by Gasteiger charge is -2.13. The Labute approximate surface area is 138 Å². The van der Waals surface area contributed by atoms with E-state index >= 15 is 0 Å². The molecule has 0 radical (unpaired) electrons. The Bertz CT molecular complexity index is 614. The Hall–Kier alpha value is -1.46. The van der Waals surface area contributed by atoms with Crippen LogP contribution < -0.4 is 9.47 Å². The second-order valence-corrected chi connectivity index (χ2v) is 6.76. The smallest absolute Gasteiger partial charge is 0.315 e. The van der Waals surface area contributed by atoms with E-state index in [1.54, 1.807) is 19.1 Å². The number of halogens is 2. The summed E-state index contributed by atoms with van der Waals surface area (Å²) in [6.07, 6.45) is 0.304. The average Bonchev–Trinajstić information content (AvgIpc) is 3.03. The van der Waals surface area contributed by atoms with Crippen LogP contribution in [0.4, 0.5) is 0 Å². The Kier molecular flexibility index (Phi) is 4.59. The molecule has 0 saturated heterocycles. The normalized spacial score (nSPS) is 21.9. The predicted molar refractivity (Wildman–Crippen MR) is 82.0 cm³/mol. The van der Waals surface area contributed by atoms with Crippen molar-refractivity contribution < 1.29 is 23.8 Å². The van der Waals surface area contributed by atoms with E-state index in [9.17, 15) is 9.59 Å². The Balaban J connectivity index is 2.05. The van der Waals surface area contributed by atoms with Crippen molar-refractivity contribution in [3.05, 3.63) is 23.8 Å². The topological polar surface area (TPSA) is 61.8 Å². The van der Waals surface area contributed by atoms with Crippen LogP contribution in [0.2, 0.25) is 0 Å². The van der Waals surface area contributed by atoms with Crippen molar-refractivity contribution in [1.29, 1.82) is 0 Å². The summed E-state index contributed by atoms with van der Waals surface area (Å²) in [7, 11) is 2.94. The molecule has 1 aromatic carbocycles. The minimum Gasteiger partial charge on any atom is -0.497 e. The van der Waals surface area contributed by atoms with E-state index in [-0.39, 0.29) is 5.56 Å². The van der Waals surface area contributed by atoms with Gasteiger partial charge in [0.05, 0.1) is 19.8 Å². The summed E-state index contributed by atoms with van der Waals surface area (Å²) < 4.78 is 14.1. The van der Waals surface area contributed by atoms with Crippen molar-refractivity contribution in [2.75, 3.05) is 20.8 Å². The molecule has 7 heteroatoms. The summed E-state index contributed by atoms with van der Waals surface area (Å²) in [5, 5.41) is 0. The molecule has 0 aromatic heterocycles. The monoisotopic (exact) mass is 346 g/mol. The summed E-state index contributed by atoms with van der Waals surface area (Å²) >= 11 is 11.8. The fraction of sp³-hybridized carbons (Fsp3) is 0.467. The van der Waals surface area contributed by atoms with E-state index in [0.29, 0.717) is 17.9 Å². The SMILES string of the molecule is COc1ccc(OC)c(C(=O)COC(=O)[C@@]2(C)CC2(Cl)Cl)c1. The molecule has 1 aliphatic carbocycles. The molecule has 0 unspecified atom stereocenters. The zero-order chi connectivity index (χ0) is 16.5. The number of rotatable bonds is 6. The van der Waals surface area contributed by atoms with Gasteiger partial charge in [0.25, 0.3) is 0 Å². The van der Waals surface area contributed by atoms with Gasteiger partial charge in [-0.1, -0.05) is 0 Å². The van der Waals surface area contributed by atoms with Gasteiger partial charge in [-0.25, -0.2) is 0 Å². The molecule has 0 N–H and O–H groups in total. The average molecular weight is 347 g/mol. The number of ether oxygens (including phenoxy) is 3. The summed E-state index contributed by atoms with van der Waals surface area (Å²) in [5.41, 5.74) is -0.687. The number of methoxy groups -OCH3 is 2. The molecular formula is C15H16Cl2O5. The number of benzene rings is 1. The number of alkyl halides is 2. The maximum absolute atomic E-state index is 12.2. The van der Waals surface area contributed by atoms with Crippen LogP contribution in [-0.4, -0.2) is 36.9 Å². The molecule has 1 aromatic rings. The number of carbonyl (C=O) groups is 2. The molecule has 0 amide bonds. The number of carbonyl (C=O) groups excluding carboxylic acids is 2. The first kappa shape index (κ1) is 16.9. The van der Waals surface area contributed by atoms with Gasteiger partial charge >= 0.3 is 5.97 Å². The van der Waals surface area contributed by atoms with Crippen molar-refractivity contribution in [2.24, 2.45) is 5.41 Å². The molecule has 1 atom stereocenters. The highest BCUT2D eigenvalue weighted by molar-refractivity contribution is 6.53. The van der Waals surface area contributed by atoms with Crippen LogP contribution >= 0.6 is 23.2 Å². The highest BCUT2D eigenvalue weighted by atomic mass is 35.5. The molecule has 1 fully saturated rings. The predicted octanol–water partition coefficient (Wildman–Crippen LogP) is 3.01. The summed E-state index contributed by atoms with van der Waals surface area (Å²) in [6.45, 7) is 1.19. The summed E-state index contributed by atoms with van der Waals surface area (Å²) in [5.74, 6) is -0.107. The Morgan fingerprint density at radius 3 is 2.36 bits per heavy atom. The van der Waals surface area contributed by atoms with Crippen molar-refractivity contribution in [2.45, 2.75) is 17.7 Å². The zero-order valence-electron chi connectivity index (χ0n) is 12.4. The molecule has 0 heterocycles. The Morgan fingerprint density at radius 2 is 1.86 bits per heavy atom. The third-order valence-corrected chi connectivity index (χ3v) is 4.85. The minimum absolute atomic E-state index is 0.276. The zero-order valence-corrected chi connectivity index (χ0v) is 14.0. The maximum Gasteiger partial charge on any atom is 0.315 e. The van der Waals surface area contributed by atoms with Crippen LogP contribution in [0.25, 0.3) is 0 Å². The van der Waals surface area contributed by atoms with E-state index in [0.717, 1.165) is 0 Å². The fourth-order valence-corrected chi connectivity index (χ4v) is 2.71. The quantitative estimate of drug-likeness (QED) is 0.450. The van der Waals surface area contributed by atoms with Crippen LogP contribution in [0.1, 0.15) is 23.7 Å². The van der Waals surface area contributed by atoms with Crippen molar-refractivity contribution in [1.82, 2.24) is 0 Å². The number of esters is 1. The second kappa shape index (κ2) is 5.97. The molecule has 1 aliphatic rings. The fourth-order valence-electron chi connectivity index (χ4n) is 2.02. The lowest BCUT2D eigenvalue weighted by Crippen LogP contribution is -2.24. The molecule has 2 rings (SSSR count). The third kappa shape index (κ3) is 3.01. The first-order valence-corrected chi connectivity index (χ1v) is 7.31. The summed E-state index contributed by atoms with van der Waals surface area (Å²) in [6, 6.07) is 4.81. The van der Waals surface area contributed by atoms with Crippen molar-refractivity contribution >= 4 is 35.0 Å². The molecule has 0 aliphatic heterocycles. The van der Waals surface area contributed by atoms with Crippen LogP contribution in [-0.2, 0) is 9.53 Å². The molecule has 5 nitrogen and oxygen atoms in total. The molecule has 1 saturated carbocycles. The minimum atomic E-state index is -1.12. The van der Waals surface area contributed by atoms with E-state index in [1.165, 1.54) is 20.3 Å². The van der Waals surface area contributed by atoms with Gasteiger partial charge in [-0.05, 0) is 25.1 Å². The lowest BCUT2D eigenvalue weighted by atomic mass is 10.1. The first-order valence-electron chi connectivity index (χ1n) is 6.55. The van der Waals surface area contributed by atoms with Gasteiger partial charge in [0.15, 0.2) is 6.61 Å². The molecule has 0 bridgehead atoms. The van der Waals surface area contributed by atoms with Gasteiger partial charge in [0.2, 0.25) is 5.78 Å². The van der Waals surface area contributed by atoms with Gasteiger partial charge in [-0.3, -0.25) is 9.59 Å². The third-order valence-electron chi connectivity index (χ3n) is 3.75. The highest BCUT2D eigenvalue weighted by Crippen LogP contribution is 2.64. The van der Waals surface area contributed by atoms with Gasteiger partial charge < -0.3 is 14.2 Å². The molecule has 22 heavy (non-hydrogen) atoms. The molecular weight excluding hydrogens is 331 g/mol. The maximum atomic E-state index is 12.2. The first-order chi connectivity index (χ1) is 10.2. The highest BCUT2D eigenvalue weighted by Gasteiger charge is 2.69. The van der Waals surface area contributed by atoms with E-state index in [4.69, 9.17) is 37.4 Å². The number of hydrogen-bond donors (Lipinski definition) is 0. The second-order valence-electron chi connectivity index (χ2n) is 5.28. The largest absolute Gasteiger partial charge is 0.497 e. The number of Topliss-reactive ketones (excluding diaryl/α,β-unsaturated/α-hetero) is 1. The summed E-state index contributed by atoms with van der Waals surface area (Å²) in [4.78, 5) is 24.2. The van der Waals surface area contributed by atoms with Crippen molar-refractivity contribution in [3.8, 4) is 11.5 Å². The van der Waals surface area contributed by atoms with Crippen LogP contribution in [0.15, 0.2) is 18.2 Å². The van der Waals surface area contributed by atoms with Crippen LogP contribution in [0.5, 0.6) is 11.5 Å². The molecule has 0 spiro atoms. The van der Waals surface area contributed by atoms with Gasteiger partial charge in [-0.2, -0.15) is 0 Å². The van der Waals surface area contributed by atoms with E-state index in [1.807, 2.05) is 0 Å². The lowest BCUT2D eigenvalue weighted by molar-refractivity contribution is -0.148. The standard InChI is InChI=1S/C15H16Cl2O5/c1-14(8-15(14,16)17)13(19)22-7-11(18)10-6-9(20-2)4-5-12(10)21-3/h4-6H,7-8H2,1-3H3/t14-/m1/s1. The Morgan fingerprint density at radius 1 is 1.23 bits per heavy atom. The van der Waals surface area contributed by atoms with Crippen LogP contribution in [0, 0.1) is 5.41 Å². The molecule has 120 valence electrons. The van der Waals surface area contributed by atoms with Gasteiger partial charge in [0, 0.05) is 6.42 Å². The van der Waals surface area contributed by atoms with Crippen LogP contribution in [0.3, 0.4) is 0 Å². The van der Waals surface area contributed by atoms with Crippen molar-refractivity contribution in [3.63, 3.8) is 0 Å².